The maximum atomic E-state index is 12.3. The third-order valence-corrected chi connectivity index (χ3v) is 6.78. The van der Waals surface area contributed by atoms with Gasteiger partial charge in [-0.05, 0) is 26.0 Å². The predicted octanol–water partition coefficient (Wildman–Crippen LogP) is 2.85. The Hall–Kier alpha value is -2.56. The Bertz CT molecular complexity index is 1080. The van der Waals surface area contributed by atoms with Crippen molar-refractivity contribution >= 4 is 32.4 Å². The molecule has 0 aliphatic rings. The number of thiazole rings is 1. The normalized spacial score (nSPS) is 11.8. The highest BCUT2D eigenvalue weighted by Crippen LogP contribution is 2.26. The summed E-state index contributed by atoms with van der Waals surface area (Å²) in [6, 6.07) is 6.47. The van der Waals surface area contributed by atoms with Crippen LogP contribution in [0, 0.1) is 13.8 Å². The first kappa shape index (κ1) is 20.2. The Morgan fingerprint density at radius 3 is 2.46 bits per heavy atom. The maximum Gasteiger partial charge on any atom is 0.242 e. The monoisotopic (exact) mass is 420 g/mol. The van der Waals surface area contributed by atoms with Gasteiger partial charge in [-0.15, -0.1) is 11.3 Å². The highest BCUT2D eigenvalue weighted by molar-refractivity contribution is 7.89. The van der Waals surface area contributed by atoms with E-state index in [1.165, 1.54) is 25.4 Å². The highest BCUT2D eigenvalue weighted by Gasteiger charge is 2.18. The summed E-state index contributed by atoms with van der Waals surface area (Å²) in [5.74, 6) is 0.419. The van der Waals surface area contributed by atoms with Gasteiger partial charge in [0.1, 0.15) is 5.76 Å². The van der Waals surface area contributed by atoms with Gasteiger partial charge < -0.3 is 9.84 Å². The first-order chi connectivity index (χ1) is 13.2. The molecule has 0 fully saturated rings. The molecule has 10 heteroatoms. The summed E-state index contributed by atoms with van der Waals surface area (Å²) >= 11 is 1.30. The van der Waals surface area contributed by atoms with Gasteiger partial charge >= 0.3 is 0 Å². The van der Waals surface area contributed by atoms with E-state index in [-0.39, 0.29) is 17.2 Å². The second-order valence-electron chi connectivity index (χ2n) is 6.38. The Balaban J connectivity index is 1.71. The molecule has 3 rings (SSSR count). The number of sulfonamides is 1. The number of hydrogen-bond donors (Lipinski definition) is 1. The molecule has 0 saturated heterocycles. The quantitative estimate of drug-likeness (QED) is 0.657. The van der Waals surface area contributed by atoms with E-state index in [9.17, 15) is 13.2 Å². The van der Waals surface area contributed by atoms with Gasteiger partial charge in [0.2, 0.25) is 15.9 Å². The average Bonchev–Trinajstić information content (AvgIpc) is 3.23. The molecular formula is C18H20N4O4S2. The second kappa shape index (κ2) is 7.82. The van der Waals surface area contributed by atoms with Gasteiger partial charge in [0.05, 0.1) is 22.7 Å². The molecule has 3 aromatic rings. The number of hydrogen-bond acceptors (Lipinski definition) is 7. The minimum Gasteiger partial charge on any atom is -0.361 e. The molecule has 1 N–H and O–H groups in total. The van der Waals surface area contributed by atoms with Crippen molar-refractivity contribution < 1.29 is 17.7 Å². The molecule has 1 aromatic carbocycles. The van der Waals surface area contributed by atoms with E-state index < -0.39 is 10.0 Å². The minimum absolute atomic E-state index is 0.160. The maximum absolute atomic E-state index is 12.3. The first-order valence-electron chi connectivity index (χ1n) is 8.38. The first-order valence-corrected chi connectivity index (χ1v) is 10.7. The van der Waals surface area contributed by atoms with E-state index in [4.69, 9.17) is 4.52 Å². The summed E-state index contributed by atoms with van der Waals surface area (Å²) in [5, 5.41) is 8.89. The molecule has 0 atom stereocenters. The van der Waals surface area contributed by atoms with Crippen LogP contribution in [-0.2, 0) is 21.2 Å². The highest BCUT2D eigenvalue weighted by atomic mass is 32.2. The number of carbonyl (C=O) groups excluding carboxylic acids is 1. The topological polar surface area (TPSA) is 105 Å². The summed E-state index contributed by atoms with van der Waals surface area (Å²) in [6.07, 6.45) is 0.160. The largest absolute Gasteiger partial charge is 0.361 e. The molecule has 148 valence electrons. The third-order valence-electron chi connectivity index (χ3n) is 4.20. The van der Waals surface area contributed by atoms with Crippen molar-refractivity contribution in [3.63, 3.8) is 0 Å². The lowest BCUT2D eigenvalue weighted by Crippen LogP contribution is -2.22. The molecule has 1 amide bonds. The molecule has 2 aromatic heterocycles. The summed E-state index contributed by atoms with van der Waals surface area (Å²) in [6.45, 7) is 3.56. The van der Waals surface area contributed by atoms with E-state index in [1.54, 1.807) is 43.5 Å². The van der Waals surface area contributed by atoms with Gasteiger partial charge in [0.15, 0.2) is 5.13 Å². The van der Waals surface area contributed by atoms with Crippen LogP contribution in [0.5, 0.6) is 0 Å². The molecule has 0 spiro atoms. The molecule has 2 heterocycles. The molecule has 0 aliphatic heterocycles. The molecular weight excluding hydrogens is 400 g/mol. The van der Waals surface area contributed by atoms with Gasteiger partial charge in [0.25, 0.3) is 0 Å². The van der Waals surface area contributed by atoms with Crippen LogP contribution in [0.15, 0.2) is 39.1 Å². The number of benzene rings is 1. The third kappa shape index (κ3) is 4.13. The second-order valence-corrected chi connectivity index (χ2v) is 9.39. The smallest absolute Gasteiger partial charge is 0.242 e. The van der Waals surface area contributed by atoms with Crippen LogP contribution in [0.1, 0.15) is 17.0 Å². The van der Waals surface area contributed by atoms with Crippen LogP contribution in [0.4, 0.5) is 5.13 Å². The molecule has 8 nitrogen and oxygen atoms in total. The van der Waals surface area contributed by atoms with Crippen LogP contribution in [0.3, 0.4) is 0 Å². The zero-order chi connectivity index (χ0) is 20.5. The van der Waals surface area contributed by atoms with Crippen molar-refractivity contribution in [2.75, 3.05) is 19.4 Å². The van der Waals surface area contributed by atoms with Gasteiger partial charge in [0, 0.05) is 30.6 Å². The summed E-state index contributed by atoms with van der Waals surface area (Å²) < 4.78 is 30.5. The van der Waals surface area contributed by atoms with Gasteiger partial charge in [-0.25, -0.2) is 17.7 Å². The predicted molar refractivity (Wildman–Crippen MR) is 107 cm³/mol. The summed E-state index contributed by atoms with van der Waals surface area (Å²) in [7, 11) is -0.498. The standard InChI is InChI=1S/C18H20N4O4S2/c1-11-15(12(2)26-21-11)9-17(23)20-18-19-16(10-27-18)13-5-7-14(8-6-13)28(24,25)22(3)4/h5-8,10H,9H2,1-4H3,(H,19,20,23). The van der Waals surface area contributed by atoms with E-state index in [1.807, 2.05) is 0 Å². The number of aromatic nitrogens is 2. The Labute approximate surface area is 167 Å². The summed E-state index contributed by atoms with van der Waals surface area (Å²) in [4.78, 5) is 16.9. The molecule has 0 radical (unpaired) electrons. The van der Waals surface area contributed by atoms with Crippen molar-refractivity contribution in [3.8, 4) is 11.3 Å². The van der Waals surface area contributed by atoms with Crippen molar-refractivity contribution in [2.24, 2.45) is 0 Å². The SMILES string of the molecule is Cc1noc(C)c1CC(=O)Nc1nc(-c2ccc(S(=O)(=O)N(C)C)cc2)cs1. The lowest BCUT2D eigenvalue weighted by Gasteiger charge is -2.11. The zero-order valence-electron chi connectivity index (χ0n) is 15.9. The zero-order valence-corrected chi connectivity index (χ0v) is 17.5. The van der Waals surface area contributed by atoms with E-state index in [2.05, 4.69) is 15.5 Å². The number of aryl methyl sites for hydroxylation is 2. The fraction of sp³-hybridized carbons (Fsp3) is 0.278. The number of rotatable bonds is 6. The van der Waals surface area contributed by atoms with Crippen molar-refractivity contribution in [3.05, 3.63) is 46.7 Å². The Morgan fingerprint density at radius 2 is 1.89 bits per heavy atom. The van der Waals surface area contributed by atoms with Crippen molar-refractivity contribution in [2.45, 2.75) is 25.2 Å². The van der Waals surface area contributed by atoms with E-state index >= 15 is 0 Å². The number of amides is 1. The molecule has 0 saturated carbocycles. The fourth-order valence-corrected chi connectivity index (χ4v) is 4.19. The van der Waals surface area contributed by atoms with Crippen LogP contribution >= 0.6 is 11.3 Å². The van der Waals surface area contributed by atoms with E-state index in [0.29, 0.717) is 22.3 Å². The van der Waals surface area contributed by atoms with Gasteiger partial charge in [-0.2, -0.15) is 0 Å². The van der Waals surface area contributed by atoms with Crippen LogP contribution in [0.2, 0.25) is 0 Å². The Kier molecular flexibility index (Phi) is 5.64. The van der Waals surface area contributed by atoms with Crippen LogP contribution in [0.25, 0.3) is 11.3 Å². The van der Waals surface area contributed by atoms with Crippen molar-refractivity contribution in [1.29, 1.82) is 0 Å². The molecule has 0 unspecified atom stereocenters. The van der Waals surface area contributed by atoms with Crippen molar-refractivity contribution in [1.82, 2.24) is 14.4 Å². The average molecular weight is 421 g/mol. The van der Waals surface area contributed by atoms with Crippen LogP contribution in [-0.4, -0.2) is 42.9 Å². The Morgan fingerprint density at radius 1 is 1.21 bits per heavy atom. The van der Waals surface area contributed by atoms with Gasteiger partial charge in [-0.1, -0.05) is 17.3 Å². The molecule has 28 heavy (non-hydrogen) atoms. The number of nitrogens with zero attached hydrogens (tertiary/aromatic N) is 3. The minimum atomic E-state index is -3.47. The summed E-state index contributed by atoms with van der Waals surface area (Å²) in [5.41, 5.74) is 2.89. The van der Waals surface area contributed by atoms with Crippen LogP contribution < -0.4 is 5.32 Å². The fourth-order valence-electron chi connectivity index (χ4n) is 2.55. The lowest BCUT2D eigenvalue weighted by molar-refractivity contribution is -0.115. The van der Waals surface area contributed by atoms with E-state index in [0.717, 1.165) is 15.4 Å². The number of anilines is 1. The van der Waals surface area contributed by atoms with Gasteiger partial charge in [-0.3, -0.25) is 4.79 Å². The number of nitrogens with one attached hydrogen (secondary N) is 1. The molecule has 0 aliphatic carbocycles. The lowest BCUT2D eigenvalue weighted by atomic mass is 10.1. The number of carbonyl (C=O) groups is 1. The molecule has 0 bridgehead atoms.